The normalized spacial score (nSPS) is 10.3. The molecule has 0 saturated carbocycles. The van der Waals surface area contributed by atoms with Gasteiger partial charge in [-0.15, -0.1) is 11.3 Å². The molecule has 0 saturated heterocycles. The predicted octanol–water partition coefficient (Wildman–Crippen LogP) is 3.57. The van der Waals surface area contributed by atoms with Crippen molar-refractivity contribution in [3.05, 3.63) is 50.1 Å². The van der Waals surface area contributed by atoms with Gasteiger partial charge in [-0.2, -0.15) is 0 Å². The number of nitrogen functional groups attached to an aromatic ring is 1. The van der Waals surface area contributed by atoms with Gasteiger partial charge in [0.05, 0.1) is 27.2 Å². The fourth-order valence-corrected chi connectivity index (χ4v) is 2.67. The lowest BCUT2D eigenvalue weighted by molar-refractivity contribution is 0.0951. The molecule has 3 N–H and O–H groups in total. The van der Waals surface area contributed by atoms with Crippen LogP contribution in [0.2, 0.25) is 9.36 Å². The first-order valence-electron chi connectivity index (χ1n) is 5.14. The first-order chi connectivity index (χ1) is 8.58. The molecule has 1 heterocycles. The summed E-state index contributed by atoms with van der Waals surface area (Å²) >= 11 is 13.2. The molecule has 0 bridgehead atoms. The molecule has 0 atom stereocenters. The summed E-state index contributed by atoms with van der Waals surface area (Å²) in [7, 11) is 0. The van der Waals surface area contributed by atoms with E-state index < -0.39 is 0 Å². The summed E-state index contributed by atoms with van der Waals surface area (Å²) in [6.07, 6.45) is 0. The van der Waals surface area contributed by atoms with Gasteiger partial charge in [0.15, 0.2) is 0 Å². The van der Waals surface area contributed by atoms with Crippen LogP contribution in [0.3, 0.4) is 0 Å². The zero-order valence-electron chi connectivity index (χ0n) is 9.24. The van der Waals surface area contributed by atoms with E-state index in [0.717, 1.165) is 4.88 Å². The van der Waals surface area contributed by atoms with Gasteiger partial charge in [0.2, 0.25) is 0 Å². The predicted molar refractivity (Wildman–Crippen MR) is 76.4 cm³/mol. The van der Waals surface area contributed by atoms with E-state index in [1.165, 1.54) is 11.3 Å². The molecule has 0 aliphatic carbocycles. The largest absolute Gasteiger partial charge is 0.398 e. The molecular formula is C12H10Cl2N2OS. The Morgan fingerprint density at radius 1 is 1.28 bits per heavy atom. The summed E-state index contributed by atoms with van der Waals surface area (Å²) in [6, 6.07) is 8.64. The number of rotatable bonds is 3. The lowest BCUT2D eigenvalue weighted by Gasteiger charge is -2.07. The number of amides is 1. The first kappa shape index (κ1) is 13.2. The number of nitrogens with one attached hydrogen (secondary N) is 1. The van der Waals surface area contributed by atoms with E-state index in [0.29, 0.717) is 22.1 Å². The topological polar surface area (TPSA) is 55.1 Å². The van der Waals surface area contributed by atoms with Crippen LogP contribution in [0.5, 0.6) is 0 Å². The van der Waals surface area contributed by atoms with E-state index in [1.54, 1.807) is 24.3 Å². The second kappa shape index (κ2) is 5.61. The summed E-state index contributed by atoms with van der Waals surface area (Å²) in [4.78, 5) is 12.9. The molecule has 2 rings (SSSR count). The molecule has 6 heteroatoms. The maximum absolute atomic E-state index is 11.9. The Hall–Kier alpha value is -1.23. The van der Waals surface area contributed by atoms with Gasteiger partial charge in [0, 0.05) is 4.88 Å². The zero-order chi connectivity index (χ0) is 13.1. The van der Waals surface area contributed by atoms with Crippen molar-refractivity contribution in [2.24, 2.45) is 0 Å². The molecule has 3 nitrogen and oxygen atoms in total. The number of carbonyl (C=O) groups is 1. The average Bonchev–Trinajstić information content (AvgIpc) is 2.76. The molecule has 1 amide bonds. The standard InChI is InChI=1S/C12H10Cl2N2OS/c13-10-5-4-7(18-10)6-16-12(17)8-2-1-3-9(15)11(8)14/h1-5H,6,15H2,(H,16,17). The summed E-state index contributed by atoms with van der Waals surface area (Å²) in [6.45, 7) is 0.418. The van der Waals surface area contributed by atoms with E-state index in [9.17, 15) is 4.79 Å². The van der Waals surface area contributed by atoms with Crippen molar-refractivity contribution < 1.29 is 4.79 Å². The molecule has 0 unspecified atom stereocenters. The highest BCUT2D eigenvalue weighted by Crippen LogP contribution is 2.24. The minimum absolute atomic E-state index is 0.253. The van der Waals surface area contributed by atoms with Crippen molar-refractivity contribution >= 4 is 46.1 Å². The SMILES string of the molecule is Nc1cccc(C(=O)NCc2ccc(Cl)s2)c1Cl. The van der Waals surface area contributed by atoms with Gasteiger partial charge in [-0.3, -0.25) is 4.79 Å². The summed E-state index contributed by atoms with van der Waals surface area (Å²) in [5.41, 5.74) is 6.41. The van der Waals surface area contributed by atoms with Crippen LogP contribution in [0.1, 0.15) is 15.2 Å². The Morgan fingerprint density at radius 3 is 2.72 bits per heavy atom. The van der Waals surface area contributed by atoms with Crippen molar-refractivity contribution in [1.29, 1.82) is 0 Å². The molecule has 0 fully saturated rings. The number of thiophene rings is 1. The van der Waals surface area contributed by atoms with E-state index in [-0.39, 0.29) is 10.9 Å². The lowest BCUT2D eigenvalue weighted by Crippen LogP contribution is -2.22. The molecule has 0 aliphatic heterocycles. The quantitative estimate of drug-likeness (QED) is 0.852. The highest BCUT2D eigenvalue weighted by molar-refractivity contribution is 7.16. The number of hydrogen-bond donors (Lipinski definition) is 2. The van der Waals surface area contributed by atoms with E-state index in [1.807, 2.05) is 6.07 Å². The lowest BCUT2D eigenvalue weighted by atomic mass is 10.2. The Balaban J connectivity index is 2.06. The van der Waals surface area contributed by atoms with Gasteiger partial charge in [0.1, 0.15) is 0 Å². The number of hydrogen-bond acceptors (Lipinski definition) is 3. The van der Waals surface area contributed by atoms with Crippen molar-refractivity contribution in [3.8, 4) is 0 Å². The minimum Gasteiger partial charge on any atom is -0.398 e. The second-order valence-corrected chi connectivity index (χ2v) is 5.77. The van der Waals surface area contributed by atoms with Crippen LogP contribution in [-0.4, -0.2) is 5.91 Å². The van der Waals surface area contributed by atoms with E-state index in [4.69, 9.17) is 28.9 Å². The van der Waals surface area contributed by atoms with E-state index in [2.05, 4.69) is 5.32 Å². The summed E-state index contributed by atoms with van der Waals surface area (Å²) in [5, 5.41) is 3.05. The molecule has 2 aromatic rings. The Bertz CT molecular complexity index is 583. The highest BCUT2D eigenvalue weighted by atomic mass is 35.5. The van der Waals surface area contributed by atoms with Crippen molar-refractivity contribution in [1.82, 2.24) is 5.32 Å². The molecule has 94 valence electrons. The summed E-state index contributed by atoms with van der Waals surface area (Å²) in [5.74, 6) is -0.253. The third-order valence-corrected chi connectivity index (χ3v) is 3.98. The van der Waals surface area contributed by atoms with Gasteiger partial charge in [-0.05, 0) is 24.3 Å². The van der Waals surface area contributed by atoms with Crippen LogP contribution in [-0.2, 0) is 6.54 Å². The molecule has 1 aromatic heterocycles. The third-order valence-electron chi connectivity index (χ3n) is 2.33. The summed E-state index contributed by atoms with van der Waals surface area (Å²) < 4.78 is 0.696. The Kier molecular flexibility index (Phi) is 4.11. The number of halogens is 2. The van der Waals surface area contributed by atoms with Crippen LogP contribution in [0.15, 0.2) is 30.3 Å². The van der Waals surface area contributed by atoms with Crippen molar-refractivity contribution in [2.75, 3.05) is 5.73 Å². The van der Waals surface area contributed by atoms with Crippen molar-refractivity contribution in [2.45, 2.75) is 6.54 Å². The Labute approximate surface area is 119 Å². The number of carbonyl (C=O) groups excluding carboxylic acids is 1. The highest BCUT2D eigenvalue weighted by Gasteiger charge is 2.11. The fraction of sp³-hybridized carbons (Fsp3) is 0.0833. The minimum atomic E-state index is -0.253. The Morgan fingerprint density at radius 2 is 2.06 bits per heavy atom. The number of benzene rings is 1. The fourth-order valence-electron chi connectivity index (χ4n) is 1.43. The van der Waals surface area contributed by atoms with Crippen LogP contribution < -0.4 is 11.1 Å². The van der Waals surface area contributed by atoms with Crippen LogP contribution in [0.4, 0.5) is 5.69 Å². The van der Waals surface area contributed by atoms with Crippen LogP contribution >= 0.6 is 34.5 Å². The average molecular weight is 301 g/mol. The van der Waals surface area contributed by atoms with Gasteiger partial charge in [-0.1, -0.05) is 29.3 Å². The maximum Gasteiger partial charge on any atom is 0.253 e. The smallest absolute Gasteiger partial charge is 0.253 e. The van der Waals surface area contributed by atoms with Crippen LogP contribution in [0, 0.1) is 0 Å². The van der Waals surface area contributed by atoms with Gasteiger partial charge in [-0.25, -0.2) is 0 Å². The molecule has 0 aliphatic rings. The second-order valence-electron chi connectivity index (χ2n) is 3.60. The monoisotopic (exact) mass is 300 g/mol. The van der Waals surface area contributed by atoms with Gasteiger partial charge >= 0.3 is 0 Å². The third kappa shape index (κ3) is 2.96. The van der Waals surface area contributed by atoms with E-state index >= 15 is 0 Å². The van der Waals surface area contributed by atoms with Gasteiger partial charge in [0.25, 0.3) is 5.91 Å². The molecule has 1 aromatic carbocycles. The molecule has 18 heavy (non-hydrogen) atoms. The van der Waals surface area contributed by atoms with Gasteiger partial charge < -0.3 is 11.1 Å². The maximum atomic E-state index is 11.9. The molecule has 0 radical (unpaired) electrons. The van der Waals surface area contributed by atoms with Crippen molar-refractivity contribution in [3.63, 3.8) is 0 Å². The number of nitrogens with two attached hydrogens (primary N) is 1. The van der Waals surface area contributed by atoms with Crippen LogP contribution in [0.25, 0.3) is 0 Å². The molecule has 0 spiro atoms. The zero-order valence-corrected chi connectivity index (χ0v) is 11.6. The first-order valence-corrected chi connectivity index (χ1v) is 6.71. The molecular weight excluding hydrogens is 291 g/mol. The number of anilines is 1.